The Kier molecular flexibility index (Phi) is 3.68. The summed E-state index contributed by atoms with van der Waals surface area (Å²) in [4.78, 5) is 12.9. The van der Waals surface area contributed by atoms with Crippen LogP contribution in [0.2, 0.25) is 0 Å². The second kappa shape index (κ2) is 5.33. The number of carbonyl (C=O) groups excluding carboxylic acids is 1. The first-order valence-corrected chi connectivity index (χ1v) is 7.96. The minimum atomic E-state index is -0.184. The number of aryl methyl sites for hydroxylation is 1. The van der Waals surface area contributed by atoms with Gasteiger partial charge in [0.15, 0.2) is 0 Å². The van der Waals surface area contributed by atoms with Crippen LogP contribution < -0.4 is 0 Å². The molecule has 1 N–H and O–H groups in total. The zero-order valence-corrected chi connectivity index (χ0v) is 12.3. The summed E-state index contributed by atoms with van der Waals surface area (Å²) in [7, 11) is 0. The molecule has 0 aromatic heterocycles. The Balaban J connectivity index is 1.78. The van der Waals surface area contributed by atoms with E-state index in [2.05, 4.69) is 31.2 Å². The van der Waals surface area contributed by atoms with Gasteiger partial charge in [-0.15, -0.1) is 0 Å². The average Bonchev–Trinajstić information content (AvgIpc) is 2.80. The van der Waals surface area contributed by atoms with Crippen molar-refractivity contribution in [2.75, 3.05) is 0 Å². The second-order valence-electron chi connectivity index (χ2n) is 6.56. The van der Waals surface area contributed by atoms with E-state index in [-0.39, 0.29) is 17.4 Å². The molecule has 108 valence electrons. The summed E-state index contributed by atoms with van der Waals surface area (Å²) in [5.41, 5.74) is 2.40. The van der Waals surface area contributed by atoms with Crippen LogP contribution in [0.3, 0.4) is 0 Å². The number of aliphatic hydroxyl groups is 1. The van der Waals surface area contributed by atoms with Gasteiger partial charge in [0.05, 0.1) is 6.10 Å². The first-order valence-electron chi connectivity index (χ1n) is 7.96. The zero-order valence-electron chi connectivity index (χ0n) is 12.3. The van der Waals surface area contributed by atoms with Crippen LogP contribution in [-0.4, -0.2) is 17.0 Å². The number of hydrogen-bond acceptors (Lipinski definition) is 2. The maximum absolute atomic E-state index is 12.9. The van der Waals surface area contributed by atoms with E-state index in [1.54, 1.807) is 0 Å². The molecular formula is C18H24O2. The van der Waals surface area contributed by atoms with Crippen molar-refractivity contribution in [1.29, 1.82) is 0 Å². The highest BCUT2D eigenvalue weighted by atomic mass is 16.3. The van der Waals surface area contributed by atoms with Crippen molar-refractivity contribution in [3.05, 3.63) is 35.4 Å². The SMILES string of the molecule is CCc1ccc(C2CCC3(CCC(O)CC3)C2=O)cc1. The van der Waals surface area contributed by atoms with Crippen molar-refractivity contribution in [3.63, 3.8) is 0 Å². The molecule has 0 saturated heterocycles. The Labute approximate surface area is 121 Å². The van der Waals surface area contributed by atoms with E-state index in [4.69, 9.17) is 0 Å². The monoisotopic (exact) mass is 272 g/mol. The predicted molar refractivity (Wildman–Crippen MR) is 79.7 cm³/mol. The van der Waals surface area contributed by atoms with E-state index >= 15 is 0 Å². The van der Waals surface area contributed by atoms with E-state index in [9.17, 15) is 9.90 Å². The Morgan fingerprint density at radius 3 is 2.30 bits per heavy atom. The summed E-state index contributed by atoms with van der Waals surface area (Å²) in [6.07, 6.45) is 6.23. The van der Waals surface area contributed by atoms with Crippen molar-refractivity contribution in [3.8, 4) is 0 Å². The molecule has 0 amide bonds. The molecule has 1 atom stereocenters. The standard InChI is InChI=1S/C18H24O2/c1-2-13-3-5-14(6-4-13)16-9-12-18(17(16)20)10-7-15(19)8-11-18/h3-6,15-16,19H,2,7-12H2,1H3. The molecule has 2 nitrogen and oxygen atoms in total. The van der Waals surface area contributed by atoms with Crippen LogP contribution in [0.5, 0.6) is 0 Å². The highest BCUT2D eigenvalue weighted by molar-refractivity contribution is 5.93. The quantitative estimate of drug-likeness (QED) is 0.893. The number of ketones is 1. The predicted octanol–water partition coefficient (Wildman–Crippen LogP) is 3.62. The minimum Gasteiger partial charge on any atom is -0.393 e. The van der Waals surface area contributed by atoms with Crippen LogP contribution in [-0.2, 0) is 11.2 Å². The van der Waals surface area contributed by atoms with E-state index in [1.807, 2.05) is 0 Å². The average molecular weight is 272 g/mol. The Bertz CT molecular complexity index is 481. The Morgan fingerprint density at radius 1 is 1.10 bits per heavy atom. The van der Waals surface area contributed by atoms with Gasteiger partial charge in [-0.2, -0.15) is 0 Å². The maximum atomic E-state index is 12.9. The third-order valence-electron chi connectivity index (χ3n) is 5.45. The molecule has 2 heteroatoms. The fourth-order valence-corrected chi connectivity index (χ4v) is 4.00. The largest absolute Gasteiger partial charge is 0.393 e. The van der Waals surface area contributed by atoms with Crippen LogP contribution >= 0.6 is 0 Å². The molecular weight excluding hydrogens is 248 g/mol. The fraction of sp³-hybridized carbons (Fsp3) is 0.611. The zero-order chi connectivity index (χ0) is 14.2. The summed E-state index contributed by atoms with van der Waals surface area (Å²) in [6, 6.07) is 8.58. The lowest BCUT2D eigenvalue weighted by molar-refractivity contribution is -0.129. The van der Waals surface area contributed by atoms with Crippen LogP contribution in [0.1, 0.15) is 62.5 Å². The Morgan fingerprint density at radius 2 is 1.70 bits per heavy atom. The highest BCUT2D eigenvalue weighted by Crippen LogP contribution is 2.51. The third-order valence-corrected chi connectivity index (χ3v) is 5.45. The number of carbonyl (C=O) groups is 1. The molecule has 0 radical (unpaired) electrons. The van der Waals surface area contributed by atoms with Gasteiger partial charge in [-0.1, -0.05) is 31.2 Å². The molecule has 0 heterocycles. The molecule has 20 heavy (non-hydrogen) atoms. The maximum Gasteiger partial charge on any atom is 0.146 e. The number of benzene rings is 1. The normalized spacial score (nSPS) is 33.8. The van der Waals surface area contributed by atoms with Gasteiger partial charge in [0.2, 0.25) is 0 Å². The lowest BCUT2D eigenvalue weighted by atomic mass is 9.70. The van der Waals surface area contributed by atoms with E-state index < -0.39 is 0 Å². The number of Topliss-reactive ketones (excluding diaryl/α,β-unsaturated/α-hetero) is 1. The minimum absolute atomic E-state index is 0.0937. The molecule has 1 aromatic rings. The van der Waals surface area contributed by atoms with Crippen LogP contribution in [0.25, 0.3) is 0 Å². The summed E-state index contributed by atoms with van der Waals surface area (Å²) < 4.78 is 0. The van der Waals surface area contributed by atoms with Gasteiger partial charge < -0.3 is 5.11 Å². The molecule has 2 fully saturated rings. The summed E-state index contributed by atoms with van der Waals surface area (Å²) in [5, 5.41) is 9.67. The molecule has 1 aromatic carbocycles. The van der Waals surface area contributed by atoms with Crippen LogP contribution in [0, 0.1) is 5.41 Å². The summed E-state index contributed by atoms with van der Waals surface area (Å²) >= 11 is 0. The fourth-order valence-electron chi connectivity index (χ4n) is 4.00. The molecule has 2 saturated carbocycles. The first kappa shape index (κ1) is 13.8. The van der Waals surface area contributed by atoms with E-state index in [0.717, 1.165) is 44.9 Å². The highest BCUT2D eigenvalue weighted by Gasteiger charge is 2.49. The molecule has 0 bridgehead atoms. The van der Waals surface area contributed by atoms with E-state index in [0.29, 0.717) is 5.78 Å². The van der Waals surface area contributed by atoms with Gasteiger partial charge in [0.1, 0.15) is 5.78 Å². The van der Waals surface area contributed by atoms with Crippen LogP contribution in [0.15, 0.2) is 24.3 Å². The van der Waals surface area contributed by atoms with Crippen molar-refractivity contribution < 1.29 is 9.90 Å². The van der Waals surface area contributed by atoms with Gasteiger partial charge >= 0.3 is 0 Å². The molecule has 1 spiro atoms. The Hall–Kier alpha value is -1.15. The van der Waals surface area contributed by atoms with Gasteiger partial charge in [-0.25, -0.2) is 0 Å². The van der Waals surface area contributed by atoms with E-state index in [1.165, 1.54) is 11.1 Å². The summed E-state index contributed by atoms with van der Waals surface area (Å²) in [6.45, 7) is 2.15. The summed E-state index contributed by atoms with van der Waals surface area (Å²) in [5.74, 6) is 0.532. The third kappa shape index (κ3) is 2.31. The van der Waals surface area contributed by atoms with Crippen molar-refractivity contribution in [2.24, 2.45) is 5.41 Å². The molecule has 3 rings (SSSR count). The molecule has 0 aliphatic heterocycles. The lowest BCUT2D eigenvalue weighted by Gasteiger charge is -2.34. The van der Waals surface area contributed by atoms with Crippen molar-refractivity contribution in [1.82, 2.24) is 0 Å². The van der Waals surface area contributed by atoms with Crippen molar-refractivity contribution >= 4 is 5.78 Å². The molecule has 1 unspecified atom stereocenters. The van der Waals surface area contributed by atoms with Gasteiger partial charge in [0, 0.05) is 11.3 Å². The van der Waals surface area contributed by atoms with Gasteiger partial charge in [0.25, 0.3) is 0 Å². The number of aliphatic hydroxyl groups excluding tert-OH is 1. The van der Waals surface area contributed by atoms with Crippen LogP contribution in [0.4, 0.5) is 0 Å². The number of rotatable bonds is 2. The second-order valence-corrected chi connectivity index (χ2v) is 6.56. The lowest BCUT2D eigenvalue weighted by Crippen LogP contribution is -2.34. The first-order chi connectivity index (χ1) is 9.64. The van der Waals surface area contributed by atoms with Gasteiger partial charge in [-0.05, 0) is 56.1 Å². The molecule has 2 aliphatic rings. The molecule has 2 aliphatic carbocycles. The van der Waals surface area contributed by atoms with Crippen molar-refractivity contribution in [2.45, 2.75) is 63.9 Å². The smallest absolute Gasteiger partial charge is 0.146 e. The van der Waals surface area contributed by atoms with Gasteiger partial charge in [-0.3, -0.25) is 4.79 Å². The number of hydrogen-bond donors (Lipinski definition) is 1. The topological polar surface area (TPSA) is 37.3 Å².